The first kappa shape index (κ1) is 35.8. The lowest BCUT2D eigenvalue weighted by Crippen LogP contribution is -2.39. The van der Waals surface area contributed by atoms with E-state index in [0.29, 0.717) is 34.5 Å². The van der Waals surface area contributed by atoms with E-state index in [1.165, 1.54) is 0 Å². The maximum atomic E-state index is 17.3. The number of amidine groups is 1. The highest BCUT2D eigenvalue weighted by Gasteiger charge is 2.38. The van der Waals surface area contributed by atoms with Crippen LogP contribution in [0.1, 0.15) is 23.4 Å². The van der Waals surface area contributed by atoms with E-state index in [1.54, 1.807) is 33.7 Å². The third kappa shape index (κ3) is 5.51. The van der Waals surface area contributed by atoms with Gasteiger partial charge in [0.15, 0.2) is 23.3 Å². The summed E-state index contributed by atoms with van der Waals surface area (Å²) in [5, 5.41) is 2.66. The minimum absolute atomic E-state index is 0.0128. The van der Waals surface area contributed by atoms with E-state index in [-0.39, 0.29) is 45.7 Å². The molecule has 0 saturated heterocycles. The molecule has 0 saturated carbocycles. The Morgan fingerprint density at radius 1 is 0.533 bits per heavy atom. The van der Waals surface area contributed by atoms with Crippen LogP contribution in [0.25, 0.3) is 66.9 Å². The Kier molecular flexibility index (Phi) is 8.48. The molecule has 4 nitrogen and oxygen atoms in total. The van der Waals surface area contributed by atoms with Crippen LogP contribution < -0.4 is 4.90 Å². The summed E-state index contributed by atoms with van der Waals surface area (Å²) in [4.78, 5) is 11.5. The first-order valence-corrected chi connectivity index (χ1v) is 20.0. The van der Waals surface area contributed by atoms with E-state index in [2.05, 4.69) is 0 Å². The first-order chi connectivity index (χ1) is 29.5. The average Bonchev–Trinajstić information content (AvgIpc) is 3.88. The average molecular weight is 791 g/mol. The molecule has 2 heterocycles. The molecule has 11 rings (SSSR count). The van der Waals surface area contributed by atoms with Gasteiger partial charge in [-0.2, -0.15) is 0 Å². The number of hydrogen-bond acceptors (Lipinski definition) is 3. The number of benzene rings is 7. The molecular weight excluding hydrogens is 757 g/mol. The van der Waals surface area contributed by atoms with Crippen LogP contribution in [0.15, 0.2) is 169 Å². The highest BCUT2D eigenvalue weighted by atomic mass is 19.2. The van der Waals surface area contributed by atoms with Crippen molar-refractivity contribution in [1.29, 1.82) is 0 Å². The molecule has 0 spiro atoms. The van der Waals surface area contributed by atoms with Crippen molar-refractivity contribution in [3.63, 3.8) is 0 Å². The molecule has 2 unspecified atom stereocenters. The molecule has 2 atom stereocenters. The Balaban J connectivity index is 1.13. The zero-order valence-corrected chi connectivity index (χ0v) is 32.0. The summed E-state index contributed by atoms with van der Waals surface area (Å²) in [6, 6.07) is 39.3. The number of imidazole rings is 1. The molecule has 8 aromatic rings. The number of nitrogens with zero attached hydrogens (tertiary/aromatic N) is 4. The number of halogens is 4. The number of fused-ring (bicyclic) bond motifs is 5. The Hall–Kier alpha value is -7.32. The lowest BCUT2D eigenvalue weighted by Gasteiger charge is -2.30. The van der Waals surface area contributed by atoms with Gasteiger partial charge in [0.25, 0.3) is 0 Å². The number of hydrogen-bond donors (Lipinski definition) is 0. The van der Waals surface area contributed by atoms with Crippen molar-refractivity contribution >= 4 is 39.1 Å². The van der Waals surface area contributed by atoms with Crippen LogP contribution in [0.3, 0.4) is 0 Å². The molecule has 0 bridgehead atoms. The Bertz CT molecular complexity index is 3160. The molecule has 0 radical (unpaired) electrons. The van der Waals surface area contributed by atoms with Crippen molar-refractivity contribution < 1.29 is 17.6 Å². The normalized spacial score (nSPS) is 16.7. The van der Waals surface area contributed by atoms with Crippen molar-refractivity contribution in [3.05, 3.63) is 204 Å². The fraction of sp³-hybridized carbons (Fsp3) is 0.0769. The summed E-state index contributed by atoms with van der Waals surface area (Å²) in [5.41, 5.74) is 3.40. The van der Waals surface area contributed by atoms with E-state index in [1.807, 2.05) is 146 Å². The molecule has 0 N–H and O–H groups in total. The van der Waals surface area contributed by atoms with E-state index in [0.717, 1.165) is 34.0 Å². The minimum Gasteiger partial charge on any atom is -0.314 e. The molecule has 0 fully saturated rings. The monoisotopic (exact) mass is 790 g/mol. The smallest absolute Gasteiger partial charge is 0.183 e. The Labute approximate surface area is 343 Å². The quantitative estimate of drug-likeness (QED) is 0.124. The van der Waals surface area contributed by atoms with Gasteiger partial charge in [-0.1, -0.05) is 140 Å². The molecule has 8 heteroatoms. The molecule has 3 aliphatic rings. The molecule has 7 aromatic carbocycles. The highest BCUT2D eigenvalue weighted by Crippen LogP contribution is 2.48. The fourth-order valence-electron chi connectivity index (χ4n) is 9.19. The second-order valence-corrected chi connectivity index (χ2v) is 15.2. The zero-order chi connectivity index (χ0) is 40.5. The van der Waals surface area contributed by atoms with Gasteiger partial charge < -0.3 is 4.90 Å². The second kappa shape index (κ2) is 14.2. The predicted octanol–water partition coefficient (Wildman–Crippen LogP) is 12.8. The van der Waals surface area contributed by atoms with E-state index >= 15 is 17.6 Å². The molecule has 1 aliphatic heterocycles. The van der Waals surface area contributed by atoms with Crippen molar-refractivity contribution in [2.24, 2.45) is 4.99 Å². The van der Waals surface area contributed by atoms with Crippen LogP contribution in [0.5, 0.6) is 0 Å². The molecule has 290 valence electrons. The van der Waals surface area contributed by atoms with E-state index < -0.39 is 23.3 Å². The van der Waals surface area contributed by atoms with Gasteiger partial charge in [-0.05, 0) is 64.7 Å². The summed E-state index contributed by atoms with van der Waals surface area (Å²) in [6.07, 6.45) is 12.9. The van der Waals surface area contributed by atoms with Crippen LogP contribution >= 0.6 is 0 Å². The third-order valence-corrected chi connectivity index (χ3v) is 11.9. The summed E-state index contributed by atoms with van der Waals surface area (Å²) < 4.78 is 70.5. The fourth-order valence-corrected chi connectivity index (χ4v) is 9.19. The molecule has 1 aromatic heterocycles. The largest absolute Gasteiger partial charge is 0.314 e. The van der Waals surface area contributed by atoms with Crippen molar-refractivity contribution in [3.8, 4) is 39.3 Å². The molecule has 60 heavy (non-hydrogen) atoms. The predicted molar refractivity (Wildman–Crippen MR) is 233 cm³/mol. The Morgan fingerprint density at radius 3 is 1.73 bits per heavy atom. The van der Waals surface area contributed by atoms with Crippen molar-refractivity contribution in [2.75, 3.05) is 4.90 Å². The maximum Gasteiger partial charge on any atom is 0.183 e. The number of aliphatic imine (C=N–C) groups is 1. The standard InChI is InChI=1S/C52H34F4N4/c53-47-37(27-29-43(49(47)55)59-41-25-13-11-23-39(41)57-51(59)31-15-3-1-4-16-31)45-35-21-9-7-19-33(35)34-20-8-10-22-36(34)46(45)38-28-30-44(50(56)48(38)54)60-42-26-14-12-24-40(42)58-52(60)32-17-5-2-6-18-32/h1-13,15-25,27-30,39,41H,14,26H2. The Morgan fingerprint density at radius 2 is 1.08 bits per heavy atom. The van der Waals surface area contributed by atoms with Gasteiger partial charge in [0.05, 0.1) is 34.8 Å². The topological polar surface area (TPSA) is 33.4 Å². The van der Waals surface area contributed by atoms with Gasteiger partial charge in [0, 0.05) is 33.4 Å². The SMILES string of the molecule is Fc1c(-c2c(-c3ccc(-n4c(-c5ccccc5)nc5c4CCC=C5)c(F)c3F)c3ccccc3c3ccccc23)ccc(N2C(c3ccccc3)=NC3C=CC=CC32)c1F. The van der Waals surface area contributed by atoms with E-state index in [9.17, 15) is 0 Å². The lowest BCUT2D eigenvalue weighted by atomic mass is 9.84. The molecule has 0 amide bonds. The summed E-state index contributed by atoms with van der Waals surface area (Å²) >= 11 is 0. The first-order valence-electron chi connectivity index (χ1n) is 20.0. The van der Waals surface area contributed by atoms with Gasteiger partial charge in [-0.3, -0.25) is 9.56 Å². The highest BCUT2D eigenvalue weighted by molar-refractivity contribution is 6.22. The number of aromatic nitrogens is 2. The van der Waals surface area contributed by atoms with Crippen LogP contribution in [0.2, 0.25) is 0 Å². The van der Waals surface area contributed by atoms with Gasteiger partial charge in [-0.25, -0.2) is 22.5 Å². The van der Waals surface area contributed by atoms with Gasteiger partial charge in [0.2, 0.25) is 0 Å². The summed E-state index contributed by atoms with van der Waals surface area (Å²) in [5.74, 6) is -3.34. The van der Waals surface area contributed by atoms with Crippen LogP contribution in [0.4, 0.5) is 23.2 Å². The second-order valence-electron chi connectivity index (χ2n) is 15.2. The molecular formula is C52H34F4N4. The molecule has 2 aliphatic carbocycles. The zero-order valence-electron chi connectivity index (χ0n) is 32.0. The van der Waals surface area contributed by atoms with Crippen LogP contribution in [-0.4, -0.2) is 27.5 Å². The minimum atomic E-state index is -1.11. The number of allylic oxidation sites excluding steroid dienone is 3. The summed E-state index contributed by atoms with van der Waals surface area (Å²) in [6.45, 7) is 0. The summed E-state index contributed by atoms with van der Waals surface area (Å²) in [7, 11) is 0. The van der Waals surface area contributed by atoms with Crippen LogP contribution in [0, 0.1) is 23.3 Å². The van der Waals surface area contributed by atoms with E-state index in [4.69, 9.17) is 9.98 Å². The number of anilines is 1. The van der Waals surface area contributed by atoms with Crippen molar-refractivity contribution in [1.82, 2.24) is 9.55 Å². The van der Waals surface area contributed by atoms with Gasteiger partial charge >= 0.3 is 0 Å². The number of rotatable bonds is 6. The van der Waals surface area contributed by atoms with Gasteiger partial charge in [0.1, 0.15) is 11.7 Å². The van der Waals surface area contributed by atoms with Crippen molar-refractivity contribution in [2.45, 2.75) is 24.9 Å². The van der Waals surface area contributed by atoms with Gasteiger partial charge in [-0.15, -0.1) is 0 Å². The maximum absolute atomic E-state index is 17.3. The third-order valence-electron chi connectivity index (χ3n) is 11.9. The lowest BCUT2D eigenvalue weighted by molar-refractivity contribution is 0.506. The van der Waals surface area contributed by atoms with Crippen LogP contribution in [-0.2, 0) is 6.42 Å².